The quantitative estimate of drug-likeness (QED) is 0.741. The van der Waals surface area contributed by atoms with Gasteiger partial charge in [0.1, 0.15) is 0 Å². The average molecular weight is 226 g/mol. The number of likely N-dealkylation sites (tertiary alicyclic amines) is 1. The summed E-state index contributed by atoms with van der Waals surface area (Å²) in [6.07, 6.45) is 1.24. The van der Waals surface area contributed by atoms with Gasteiger partial charge in [0.15, 0.2) is 0 Å². The summed E-state index contributed by atoms with van der Waals surface area (Å²) in [7, 11) is 0. The highest BCUT2D eigenvalue weighted by atomic mass is 16.4. The van der Waals surface area contributed by atoms with Gasteiger partial charge in [-0.15, -0.1) is 0 Å². The molecule has 0 aromatic rings. The van der Waals surface area contributed by atoms with Crippen molar-refractivity contribution in [1.82, 2.24) is 10.2 Å². The number of hydrogen-bond donors (Lipinski definition) is 2. The lowest BCUT2D eigenvalue weighted by Crippen LogP contribution is -2.38. The number of carboxylic acids is 1. The van der Waals surface area contributed by atoms with Gasteiger partial charge in [-0.1, -0.05) is 0 Å². The summed E-state index contributed by atoms with van der Waals surface area (Å²) < 4.78 is 0. The van der Waals surface area contributed by atoms with Crippen LogP contribution in [-0.4, -0.2) is 48.7 Å². The topological polar surface area (TPSA) is 52.6 Å². The van der Waals surface area contributed by atoms with Crippen LogP contribution in [0.4, 0.5) is 0 Å². The maximum atomic E-state index is 11.1. The van der Waals surface area contributed by atoms with E-state index in [4.69, 9.17) is 5.11 Å². The first-order valence-corrected chi connectivity index (χ1v) is 6.15. The van der Waals surface area contributed by atoms with Crippen molar-refractivity contribution < 1.29 is 9.90 Å². The SMILES string of the molecule is CC(C)(CN1CC2CCNCC2C1)C(=O)O. The molecule has 2 N–H and O–H groups in total. The van der Waals surface area contributed by atoms with Crippen molar-refractivity contribution in [1.29, 1.82) is 0 Å². The molecular weight excluding hydrogens is 204 g/mol. The highest BCUT2D eigenvalue weighted by molar-refractivity contribution is 5.73. The van der Waals surface area contributed by atoms with Gasteiger partial charge in [-0.05, 0) is 45.2 Å². The smallest absolute Gasteiger partial charge is 0.310 e. The molecular formula is C12H22N2O2. The van der Waals surface area contributed by atoms with Crippen molar-refractivity contribution in [3.63, 3.8) is 0 Å². The molecule has 4 nitrogen and oxygen atoms in total. The second-order valence-corrected chi connectivity index (χ2v) is 5.90. The average Bonchev–Trinajstić information content (AvgIpc) is 2.58. The fourth-order valence-electron chi connectivity index (χ4n) is 2.92. The van der Waals surface area contributed by atoms with E-state index in [-0.39, 0.29) is 0 Å². The number of rotatable bonds is 3. The standard InChI is InChI=1S/C12H22N2O2/c1-12(2,11(15)16)8-14-6-9-3-4-13-5-10(9)7-14/h9-10,13H,3-8H2,1-2H3,(H,15,16). The molecule has 0 amide bonds. The Bertz CT molecular complexity index is 264. The van der Waals surface area contributed by atoms with E-state index in [0.717, 1.165) is 38.0 Å². The van der Waals surface area contributed by atoms with Crippen LogP contribution in [0.5, 0.6) is 0 Å². The van der Waals surface area contributed by atoms with Crippen molar-refractivity contribution in [2.75, 3.05) is 32.7 Å². The molecule has 2 rings (SSSR count). The minimum absolute atomic E-state index is 0.624. The molecule has 2 fully saturated rings. The van der Waals surface area contributed by atoms with E-state index in [9.17, 15) is 4.79 Å². The molecule has 0 aliphatic carbocycles. The van der Waals surface area contributed by atoms with Crippen molar-refractivity contribution >= 4 is 5.97 Å². The summed E-state index contributed by atoms with van der Waals surface area (Å²) in [6.45, 7) is 8.68. The van der Waals surface area contributed by atoms with Crippen LogP contribution in [0.3, 0.4) is 0 Å². The lowest BCUT2D eigenvalue weighted by Gasteiger charge is -2.26. The van der Waals surface area contributed by atoms with Crippen LogP contribution in [-0.2, 0) is 4.79 Å². The molecule has 4 heteroatoms. The zero-order valence-electron chi connectivity index (χ0n) is 10.2. The fraction of sp³-hybridized carbons (Fsp3) is 0.917. The summed E-state index contributed by atoms with van der Waals surface area (Å²) in [4.78, 5) is 13.4. The number of nitrogens with zero attached hydrogens (tertiary/aromatic N) is 1. The minimum atomic E-state index is -0.694. The third-order valence-corrected chi connectivity index (χ3v) is 3.95. The number of carbonyl (C=O) groups is 1. The minimum Gasteiger partial charge on any atom is -0.481 e. The first-order chi connectivity index (χ1) is 7.49. The molecule has 2 heterocycles. The number of carboxylic acid groups (broad SMARTS) is 1. The van der Waals surface area contributed by atoms with Crippen LogP contribution in [0.1, 0.15) is 20.3 Å². The van der Waals surface area contributed by atoms with Gasteiger partial charge in [-0.25, -0.2) is 0 Å². The second-order valence-electron chi connectivity index (χ2n) is 5.90. The number of aliphatic carboxylic acids is 1. The van der Waals surface area contributed by atoms with E-state index in [2.05, 4.69) is 10.2 Å². The first-order valence-electron chi connectivity index (χ1n) is 6.15. The van der Waals surface area contributed by atoms with E-state index in [0.29, 0.717) is 6.54 Å². The Labute approximate surface area is 97.0 Å². The Hall–Kier alpha value is -0.610. The van der Waals surface area contributed by atoms with E-state index in [1.807, 2.05) is 13.8 Å². The number of hydrogen-bond acceptors (Lipinski definition) is 3. The summed E-state index contributed by atoms with van der Waals surface area (Å²) in [5.41, 5.74) is -0.624. The summed E-state index contributed by atoms with van der Waals surface area (Å²) >= 11 is 0. The Morgan fingerprint density at radius 2 is 2.12 bits per heavy atom. The molecule has 92 valence electrons. The largest absolute Gasteiger partial charge is 0.481 e. The van der Waals surface area contributed by atoms with Gasteiger partial charge < -0.3 is 15.3 Å². The number of nitrogens with one attached hydrogen (secondary N) is 1. The van der Waals surface area contributed by atoms with Gasteiger partial charge >= 0.3 is 5.97 Å². The Morgan fingerprint density at radius 3 is 2.75 bits per heavy atom. The number of fused-ring (bicyclic) bond motifs is 1. The molecule has 0 saturated carbocycles. The van der Waals surface area contributed by atoms with Gasteiger partial charge in [0.05, 0.1) is 5.41 Å². The summed E-state index contributed by atoms with van der Waals surface area (Å²) in [5, 5.41) is 12.5. The Kier molecular flexibility index (Phi) is 3.22. The van der Waals surface area contributed by atoms with E-state index in [1.165, 1.54) is 6.42 Å². The predicted octanol–water partition coefficient (Wildman–Crippen LogP) is 0.639. The second kappa shape index (κ2) is 4.34. The van der Waals surface area contributed by atoms with Crippen LogP contribution < -0.4 is 5.32 Å². The van der Waals surface area contributed by atoms with E-state index < -0.39 is 11.4 Å². The molecule has 16 heavy (non-hydrogen) atoms. The van der Waals surface area contributed by atoms with Crippen LogP contribution >= 0.6 is 0 Å². The summed E-state index contributed by atoms with van der Waals surface area (Å²) in [5.74, 6) is 0.824. The van der Waals surface area contributed by atoms with Gasteiger partial charge in [0.25, 0.3) is 0 Å². The van der Waals surface area contributed by atoms with Crippen LogP contribution in [0.25, 0.3) is 0 Å². The lowest BCUT2D eigenvalue weighted by atomic mass is 9.90. The highest BCUT2D eigenvalue weighted by Gasteiger charge is 2.38. The van der Waals surface area contributed by atoms with Gasteiger partial charge in [0, 0.05) is 19.6 Å². The maximum Gasteiger partial charge on any atom is 0.310 e. The van der Waals surface area contributed by atoms with Crippen molar-refractivity contribution in [2.45, 2.75) is 20.3 Å². The van der Waals surface area contributed by atoms with Gasteiger partial charge in [-0.2, -0.15) is 0 Å². The van der Waals surface area contributed by atoms with Gasteiger partial charge in [-0.3, -0.25) is 4.79 Å². The van der Waals surface area contributed by atoms with Crippen molar-refractivity contribution in [3.05, 3.63) is 0 Å². The predicted molar refractivity (Wildman–Crippen MR) is 62.3 cm³/mol. The van der Waals surface area contributed by atoms with E-state index >= 15 is 0 Å². The lowest BCUT2D eigenvalue weighted by molar-refractivity contribution is -0.147. The Balaban J connectivity index is 1.91. The molecule has 0 bridgehead atoms. The van der Waals surface area contributed by atoms with Crippen molar-refractivity contribution in [3.8, 4) is 0 Å². The number of piperidine rings is 1. The normalized spacial score (nSPS) is 31.4. The van der Waals surface area contributed by atoms with E-state index in [1.54, 1.807) is 0 Å². The van der Waals surface area contributed by atoms with Gasteiger partial charge in [0.2, 0.25) is 0 Å². The van der Waals surface area contributed by atoms with Crippen molar-refractivity contribution in [2.24, 2.45) is 17.3 Å². The molecule has 2 saturated heterocycles. The molecule has 0 aromatic carbocycles. The zero-order chi connectivity index (χ0) is 11.8. The molecule has 0 radical (unpaired) electrons. The highest BCUT2D eigenvalue weighted by Crippen LogP contribution is 2.30. The third kappa shape index (κ3) is 2.38. The molecule has 0 spiro atoms. The van der Waals surface area contributed by atoms with Crippen LogP contribution in [0, 0.1) is 17.3 Å². The summed E-state index contributed by atoms with van der Waals surface area (Å²) in [6, 6.07) is 0. The fourth-order valence-corrected chi connectivity index (χ4v) is 2.92. The molecule has 2 atom stereocenters. The molecule has 2 aliphatic heterocycles. The van der Waals surface area contributed by atoms with Crippen LogP contribution in [0.15, 0.2) is 0 Å². The monoisotopic (exact) mass is 226 g/mol. The maximum absolute atomic E-state index is 11.1. The zero-order valence-corrected chi connectivity index (χ0v) is 10.2. The van der Waals surface area contributed by atoms with Crippen LogP contribution in [0.2, 0.25) is 0 Å². The molecule has 0 aromatic heterocycles. The third-order valence-electron chi connectivity index (χ3n) is 3.95. The molecule has 2 aliphatic rings. The molecule has 2 unspecified atom stereocenters. The Morgan fingerprint density at radius 1 is 1.44 bits per heavy atom. The first kappa shape index (κ1) is 11.9.